The molecular formula is C10H16F3NO3. The number of unbranched alkanes of at least 4 members (excludes halogenated alkanes) is 1. The van der Waals surface area contributed by atoms with E-state index >= 15 is 0 Å². The first-order chi connectivity index (χ1) is 7.57. The number of aliphatic carboxylic acids is 1. The summed E-state index contributed by atoms with van der Waals surface area (Å²) in [7, 11) is 0. The zero-order valence-corrected chi connectivity index (χ0v) is 9.73. The lowest BCUT2D eigenvalue weighted by molar-refractivity contribution is -0.153. The highest BCUT2D eigenvalue weighted by atomic mass is 19.4. The minimum absolute atomic E-state index is 0.0472. The highest BCUT2D eigenvalue weighted by molar-refractivity contribution is 6.00. The van der Waals surface area contributed by atoms with Crippen molar-refractivity contribution in [3.63, 3.8) is 0 Å². The lowest BCUT2D eigenvalue weighted by Crippen LogP contribution is -2.42. The van der Waals surface area contributed by atoms with E-state index in [-0.39, 0.29) is 19.4 Å². The molecule has 4 nitrogen and oxygen atoms in total. The Morgan fingerprint density at radius 1 is 1.18 bits per heavy atom. The lowest BCUT2D eigenvalue weighted by atomic mass is 9.93. The number of carbonyl (C=O) groups is 2. The molecule has 0 aliphatic carbocycles. The van der Waals surface area contributed by atoms with Crippen LogP contribution >= 0.6 is 0 Å². The van der Waals surface area contributed by atoms with Crippen molar-refractivity contribution in [2.75, 3.05) is 6.54 Å². The first kappa shape index (κ1) is 15.7. The molecule has 0 aliphatic rings. The number of rotatable bonds is 6. The SMILES string of the molecule is CC(C)(C(=O)O)C(=O)NCCCCC(F)(F)F. The molecule has 0 aromatic carbocycles. The summed E-state index contributed by atoms with van der Waals surface area (Å²) >= 11 is 0. The molecule has 2 N–H and O–H groups in total. The Hall–Kier alpha value is -1.27. The highest BCUT2D eigenvalue weighted by Crippen LogP contribution is 2.22. The second kappa shape index (κ2) is 5.88. The van der Waals surface area contributed by atoms with Crippen molar-refractivity contribution in [1.29, 1.82) is 0 Å². The second-order valence-corrected chi connectivity index (χ2v) is 4.26. The molecule has 0 aromatic rings. The van der Waals surface area contributed by atoms with Crippen LogP contribution in [0.25, 0.3) is 0 Å². The number of halogens is 3. The van der Waals surface area contributed by atoms with Gasteiger partial charge in [0.25, 0.3) is 0 Å². The van der Waals surface area contributed by atoms with Gasteiger partial charge in [-0.15, -0.1) is 0 Å². The Morgan fingerprint density at radius 3 is 2.12 bits per heavy atom. The minimum atomic E-state index is -4.19. The van der Waals surface area contributed by atoms with Gasteiger partial charge in [0.05, 0.1) is 0 Å². The summed E-state index contributed by atoms with van der Waals surface area (Å²) in [4.78, 5) is 22.0. The standard InChI is InChI=1S/C10H16F3NO3/c1-9(2,8(16)17)7(15)14-6-4-3-5-10(11,12)13/h3-6H2,1-2H3,(H,14,15)(H,16,17). The van der Waals surface area contributed by atoms with Crippen LogP contribution in [0.4, 0.5) is 13.2 Å². The van der Waals surface area contributed by atoms with Crippen LogP contribution in [0, 0.1) is 5.41 Å². The fourth-order valence-electron chi connectivity index (χ4n) is 0.970. The Bertz CT molecular complexity index is 287. The summed E-state index contributed by atoms with van der Waals surface area (Å²) in [6.45, 7) is 2.52. The van der Waals surface area contributed by atoms with Crippen molar-refractivity contribution >= 4 is 11.9 Å². The van der Waals surface area contributed by atoms with Gasteiger partial charge in [0.2, 0.25) is 5.91 Å². The van der Waals surface area contributed by atoms with E-state index in [1.54, 1.807) is 0 Å². The predicted octanol–water partition coefficient (Wildman–Crippen LogP) is 1.95. The van der Waals surface area contributed by atoms with Crippen LogP contribution in [0.5, 0.6) is 0 Å². The number of hydrogen-bond acceptors (Lipinski definition) is 2. The Labute approximate surface area is 97.2 Å². The maximum atomic E-state index is 11.8. The molecule has 0 rings (SSSR count). The Balaban J connectivity index is 3.84. The van der Waals surface area contributed by atoms with Crippen LogP contribution in [-0.2, 0) is 9.59 Å². The van der Waals surface area contributed by atoms with Gasteiger partial charge in [-0.1, -0.05) is 0 Å². The van der Waals surface area contributed by atoms with Crippen LogP contribution in [0.1, 0.15) is 33.1 Å². The van der Waals surface area contributed by atoms with Crippen molar-refractivity contribution in [2.45, 2.75) is 39.3 Å². The summed E-state index contributed by atoms with van der Waals surface area (Å²) < 4.78 is 35.3. The van der Waals surface area contributed by atoms with Crippen molar-refractivity contribution in [3.05, 3.63) is 0 Å². The third-order valence-electron chi connectivity index (χ3n) is 2.27. The Kier molecular flexibility index (Phi) is 5.44. The van der Waals surface area contributed by atoms with E-state index in [4.69, 9.17) is 5.11 Å². The van der Waals surface area contributed by atoms with E-state index in [2.05, 4.69) is 5.32 Å². The zero-order valence-electron chi connectivity index (χ0n) is 9.73. The lowest BCUT2D eigenvalue weighted by Gasteiger charge is -2.18. The van der Waals surface area contributed by atoms with Crippen molar-refractivity contribution in [3.8, 4) is 0 Å². The maximum Gasteiger partial charge on any atom is 0.389 e. The molecule has 0 atom stereocenters. The molecule has 0 fully saturated rings. The number of carbonyl (C=O) groups excluding carboxylic acids is 1. The van der Waals surface area contributed by atoms with Gasteiger partial charge in [0.15, 0.2) is 0 Å². The van der Waals surface area contributed by atoms with Gasteiger partial charge < -0.3 is 10.4 Å². The number of nitrogens with one attached hydrogen (secondary N) is 1. The quantitative estimate of drug-likeness (QED) is 0.563. The molecular weight excluding hydrogens is 239 g/mol. The molecule has 0 heterocycles. The van der Waals surface area contributed by atoms with Crippen LogP contribution in [0.3, 0.4) is 0 Å². The van der Waals surface area contributed by atoms with Gasteiger partial charge >= 0.3 is 12.1 Å². The summed E-state index contributed by atoms with van der Waals surface area (Å²) in [5.74, 6) is -1.97. The topological polar surface area (TPSA) is 66.4 Å². The summed E-state index contributed by atoms with van der Waals surface area (Å²) in [6.07, 6.45) is -5.01. The van der Waals surface area contributed by atoms with E-state index in [1.165, 1.54) is 13.8 Å². The normalized spacial score (nSPS) is 12.3. The van der Waals surface area contributed by atoms with E-state index in [1.807, 2.05) is 0 Å². The molecule has 17 heavy (non-hydrogen) atoms. The van der Waals surface area contributed by atoms with Crippen LogP contribution in [0.2, 0.25) is 0 Å². The van der Waals surface area contributed by atoms with E-state index < -0.39 is 29.9 Å². The zero-order chi connectivity index (χ0) is 13.7. The van der Waals surface area contributed by atoms with Crippen LogP contribution < -0.4 is 5.32 Å². The second-order valence-electron chi connectivity index (χ2n) is 4.26. The summed E-state index contributed by atoms with van der Waals surface area (Å²) in [5.41, 5.74) is -1.57. The first-order valence-corrected chi connectivity index (χ1v) is 5.16. The molecule has 1 amide bonds. The first-order valence-electron chi connectivity index (χ1n) is 5.16. The Morgan fingerprint density at radius 2 is 1.71 bits per heavy atom. The van der Waals surface area contributed by atoms with Crippen molar-refractivity contribution in [1.82, 2.24) is 5.32 Å². The molecule has 0 saturated heterocycles. The molecule has 7 heteroatoms. The predicted molar refractivity (Wildman–Crippen MR) is 54.3 cm³/mol. The monoisotopic (exact) mass is 255 g/mol. The number of alkyl halides is 3. The average molecular weight is 255 g/mol. The average Bonchev–Trinajstić information content (AvgIpc) is 2.14. The molecule has 0 aliphatic heterocycles. The van der Waals surface area contributed by atoms with Crippen LogP contribution in [0.15, 0.2) is 0 Å². The molecule has 0 aromatic heterocycles. The number of carboxylic acid groups (broad SMARTS) is 1. The number of hydrogen-bond donors (Lipinski definition) is 2. The van der Waals surface area contributed by atoms with Gasteiger partial charge in [-0.05, 0) is 26.7 Å². The fourth-order valence-corrected chi connectivity index (χ4v) is 0.970. The van der Waals surface area contributed by atoms with Crippen molar-refractivity contribution in [2.24, 2.45) is 5.41 Å². The van der Waals surface area contributed by atoms with Crippen molar-refractivity contribution < 1.29 is 27.9 Å². The summed E-state index contributed by atoms with van der Waals surface area (Å²) in [5, 5.41) is 11.0. The molecule has 0 bridgehead atoms. The van der Waals surface area contributed by atoms with Gasteiger partial charge in [-0.25, -0.2) is 0 Å². The fraction of sp³-hybridized carbons (Fsp3) is 0.800. The smallest absolute Gasteiger partial charge is 0.389 e. The summed E-state index contributed by atoms with van der Waals surface area (Å²) in [6, 6.07) is 0. The maximum absolute atomic E-state index is 11.8. The minimum Gasteiger partial charge on any atom is -0.480 e. The molecule has 0 radical (unpaired) electrons. The number of carboxylic acids is 1. The van der Waals surface area contributed by atoms with Gasteiger partial charge in [0.1, 0.15) is 5.41 Å². The highest BCUT2D eigenvalue weighted by Gasteiger charge is 2.35. The van der Waals surface area contributed by atoms with Gasteiger partial charge in [-0.2, -0.15) is 13.2 Å². The molecule has 0 saturated carbocycles. The van der Waals surface area contributed by atoms with Crippen LogP contribution in [-0.4, -0.2) is 29.7 Å². The third-order valence-corrected chi connectivity index (χ3v) is 2.27. The molecule has 0 spiro atoms. The van der Waals surface area contributed by atoms with E-state index in [0.717, 1.165) is 0 Å². The van der Waals surface area contributed by atoms with Gasteiger partial charge in [0, 0.05) is 13.0 Å². The third kappa shape index (κ3) is 6.13. The molecule has 0 unspecified atom stereocenters. The molecule has 100 valence electrons. The number of amides is 1. The van der Waals surface area contributed by atoms with E-state index in [9.17, 15) is 22.8 Å². The largest absolute Gasteiger partial charge is 0.480 e. The van der Waals surface area contributed by atoms with E-state index in [0.29, 0.717) is 0 Å². The van der Waals surface area contributed by atoms with Gasteiger partial charge in [-0.3, -0.25) is 9.59 Å².